The SMILES string of the molecule is Cc1ccc(C)n1CC(=O)Nc1cccc(F)c1. The molecule has 1 heterocycles. The van der Waals surface area contributed by atoms with Gasteiger partial charge >= 0.3 is 0 Å². The van der Waals surface area contributed by atoms with Crippen LogP contribution < -0.4 is 5.32 Å². The minimum Gasteiger partial charge on any atom is -0.340 e. The Labute approximate surface area is 105 Å². The molecule has 0 unspecified atom stereocenters. The summed E-state index contributed by atoms with van der Waals surface area (Å²) in [6.45, 7) is 4.13. The summed E-state index contributed by atoms with van der Waals surface area (Å²) in [6, 6.07) is 9.80. The summed E-state index contributed by atoms with van der Waals surface area (Å²) in [5, 5.41) is 2.68. The highest BCUT2D eigenvalue weighted by Crippen LogP contribution is 2.11. The Morgan fingerprint density at radius 3 is 2.50 bits per heavy atom. The number of rotatable bonds is 3. The quantitative estimate of drug-likeness (QED) is 0.887. The van der Waals surface area contributed by atoms with E-state index in [4.69, 9.17) is 0 Å². The number of carbonyl (C=O) groups excluding carboxylic acids is 1. The zero-order valence-corrected chi connectivity index (χ0v) is 10.4. The molecule has 0 aliphatic heterocycles. The van der Waals surface area contributed by atoms with Gasteiger partial charge in [0.2, 0.25) is 5.91 Å². The standard InChI is InChI=1S/C14H15FN2O/c1-10-6-7-11(2)17(10)9-14(18)16-13-5-3-4-12(15)8-13/h3-8H,9H2,1-2H3,(H,16,18). The molecule has 1 amide bonds. The Morgan fingerprint density at radius 1 is 1.22 bits per heavy atom. The summed E-state index contributed by atoms with van der Waals surface area (Å²) in [5.41, 5.74) is 2.53. The molecule has 2 aromatic rings. The van der Waals surface area contributed by atoms with Gasteiger partial charge in [-0.3, -0.25) is 4.79 Å². The summed E-state index contributed by atoms with van der Waals surface area (Å²) in [5.74, 6) is -0.524. The van der Waals surface area contributed by atoms with E-state index in [0.717, 1.165) is 11.4 Å². The molecule has 0 aliphatic carbocycles. The number of aromatic nitrogens is 1. The van der Waals surface area contributed by atoms with Crippen LogP contribution in [0.5, 0.6) is 0 Å². The van der Waals surface area contributed by atoms with Gasteiger partial charge in [0, 0.05) is 17.1 Å². The second kappa shape index (κ2) is 5.04. The van der Waals surface area contributed by atoms with Crippen LogP contribution in [0.3, 0.4) is 0 Å². The van der Waals surface area contributed by atoms with Crippen LogP contribution in [0.25, 0.3) is 0 Å². The molecule has 1 aromatic heterocycles. The van der Waals surface area contributed by atoms with Crippen molar-refractivity contribution in [2.24, 2.45) is 0 Å². The number of halogens is 1. The number of nitrogens with zero attached hydrogens (tertiary/aromatic N) is 1. The van der Waals surface area contributed by atoms with Gasteiger partial charge in [-0.15, -0.1) is 0 Å². The molecule has 0 fully saturated rings. The van der Waals surface area contributed by atoms with Gasteiger partial charge < -0.3 is 9.88 Å². The molecule has 3 nitrogen and oxygen atoms in total. The Morgan fingerprint density at radius 2 is 1.89 bits per heavy atom. The molecule has 0 aliphatic rings. The third-order valence-corrected chi connectivity index (χ3v) is 2.83. The first-order valence-corrected chi connectivity index (χ1v) is 5.74. The lowest BCUT2D eigenvalue weighted by Crippen LogP contribution is -2.20. The number of benzene rings is 1. The van der Waals surface area contributed by atoms with Crippen molar-refractivity contribution in [2.45, 2.75) is 20.4 Å². The van der Waals surface area contributed by atoms with E-state index in [-0.39, 0.29) is 18.3 Å². The van der Waals surface area contributed by atoms with E-state index in [2.05, 4.69) is 5.32 Å². The molecule has 18 heavy (non-hydrogen) atoms. The maximum atomic E-state index is 13.0. The van der Waals surface area contributed by atoms with Gasteiger partial charge in [-0.2, -0.15) is 0 Å². The van der Waals surface area contributed by atoms with Crippen LogP contribution in [0, 0.1) is 19.7 Å². The third kappa shape index (κ3) is 2.77. The Kier molecular flexibility index (Phi) is 3.46. The van der Waals surface area contributed by atoms with E-state index < -0.39 is 0 Å². The van der Waals surface area contributed by atoms with Crippen LogP contribution in [0.4, 0.5) is 10.1 Å². The van der Waals surface area contributed by atoms with Crippen LogP contribution in [0.2, 0.25) is 0 Å². The maximum absolute atomic E-state index is 13.0. The van der Waals surface area contributed by atoms with Crippen LogP contribution in [-0.4, -0.2) is 10.5 Å². The second-order valence-electron chi connectivity index (χ2n) is 4.26. The highest BCUT2D eigenvalue weighted by molar-refractivity contribution is 5.90. The molecular weight excluding hydrogens is 231 g/mol. The minimum absolute atomic E-state index is 0.164. The zero-order valence-electron chi connectivity index (χ0n) is 10.4. The normalized spacial score (nSPS) is 10.4. The first-order chi connectivity index (χ1) is 8.56. The zero-order chi connectivity index (χ0) is 13.1. The molecule has 4 heteroatoms. The van der Waals surface area contributed by atoms with Gasteiger partial charge in [0.1, 0.15) is 12.4 Å². The number of hydrogen-bond donors (Lipinski definition) is 1. The number of nitrogens with one attached hydrogen (secondary N) is 1. The summed E-state index contributed by atoms with van der Waals surface area (Å²) in [4.78, 5) is 11.8. The smallest absolute Gasteiger partial charge is 0.244 e. The van der Waals surface area contributed by atoms with Crippen LogP contribution in [0.1, 0.15) is 11.4 Å². The predicted molar refractivity (Wildman–Crippen MR) is 68.9 cm³/mol. The molecule has 1 aromatic carbocycles. The molecule has 0 saturated heterocycles. The molecular formula is C14H15FN2O. The fourth-order valence-electron chi connectivity index (χ4n) is 1.86. The number of amides is 1. The summed E-state index contributed by atoms with van der Waals surface area (Å²) in [6.07, 6.45) is 0. The fraction of sp³-hybridized carbons (Fsp3) is 0.214. The monoisotopic (exact) mass is 246 g/mol. The van der Waals surface area contributed by atoms with Gasteiger partial charge in [-0.05, 0) is 44.2 Å². The van der Waals surface area contributed by atoms with E-state index >= 15 is 0 Å². The van der Waals surface area contributed by atoms with E-state index in [9.17, 15) is 9.18 Å². The Hall–Kier alpha value is -2.10. The minimum atomic E-state index is -0.360. The molecule has 2 rings (SSSR count). The lowest BCUT2D eigenvalue weighted by molar-refractivity contribution is -0.116. The summed E-state index contributed by atoms with van der Waals surface area (Å²) < 4.78 is 14.9. The Bertz CT molecular complexity index is 555. The number of anilines is 1. The Balaban J connectivity index is 2.06. The molecule has 0 atom stereocenters. The highest BCUT2D eigenvalue weighted by atomic mass is 19.1. The topological polar surface area (TPSA) is 34.0 Å². The average molecular weight is 246 g/mol. The van der Waals surface area contributed by atoms with Gasteiger partial charge in [0.05, 0.1) is 0 Å². The molecule has 94 valence electrons. The molecule has 0 saturated carbocycles. The van der Waals surface area contributed by atoms with Crippen molar-refractivity contribution >= 4 is 11.6 Å². The van der Waals surface area contributed by atoms with E-state index in [1.54, 1.807) is 12.1 Å². The van der Waals surface area contributed by atoms with E-state index in [1.807, 2.05) is 30.5 Å². The summed E-state index contributed by atoms with van der Waals surface area (Å²) >= 11 is 0. The van der Waals surface area contributed by atoms with Gasteiger partial charge in [0.25, 0.3) is 0 Å². The average Bonchev–Trinajstić information content (AvgIpc) is 2.61. The van der Waals surface area contributed by atoms with Crippen molar-refractivity contribution < 1.29 is 9.18 Å². The molecule has 0 bridgehead atoms. The highest BCUT2D eigenvalue weighted by Gasteiger charge is 2.07. The van der Waals surface area contributed by atoms with Crippen molar-refractivity contribution in [3.63, 3.8) is 0 Å². The van der Waals surface area contributed by atoms with Crippen molar-refractivity contribution in [1.82, 2.24) is 4.57 Å². The van der Waals surface area contributed by atoms with Crippen molar-refractivity contribution in [3.05, 3.63) is 53.6 Å². The lowest BCUT2D eigenvalue weighted by atomic mass is 10.3. The fourth-order valence-corrected chi connectivity index (χ4v) is 1.86. The van der Waals surface area contributed by atoms with Crippen molar-refractivity contribution in [3.8, 4) is 0 Å². The van der Waals surface area contributed by atoms with Crippen LogP contribution in [0.15, 0.2) is 36.4 Å². The van der Waals surface area contributed by atoms with Crippen molar-refractivity contribution in [1.29, 1.82) is 0 Å². The number of hydrogen-bond acceptors (Lipinski definition) is 1. The molecule has 0 radical (unpaired) electrons. The lowest BCUT2D eigenvalue weighted by Gasteiger charge is -2.10. The molecule has 1 N–H and O–H groups in total. The van der Waals surface area contributed by atoms with Crippen LogP contribution in [-0.2, 0) is 11.3 Å². The van der Waals surface area contributed by atoms with Crippen LogP contribution >= 0.6 is 0 Å². The van der Waals surface area contributed by atoms with E-state index in [1.165, 1.54) is 12.1 Å². The maximum Gasteiger partial charge on any atom is 0.244 e. The van der Waals surface area contributed by atoms with Gasteiger partial charge in [0.15, 0.2) is 0 Å². The first kappa shape index (κ1) is 12.4. The second-order valence-corrected chi connectivity index (χ2v) is 4.26. The number of carbonyl (C=O) groups is 1. The predicted octanol–water partition coefficient (Wildman–Crippen LogP) is 2.88. The summed E-state index contributed by atoms with van der Waals surface area (Å²) in [7, 11) is 0. The third-order valence-electron chi connectivity index (χ3n) is 2.83. The first-order valence-electron chi connectivity index (χ1n) is 5.74. The van der Waals surface area contributed by atoms with E-state index in [0.29, 0.717) is 5.69 Å². The molecule has 0 spiro atoms. The largest absolute Gasteiger partial charge is 0.340 e. The van der Waals surface area contributed by atoms with Gasteiger partial charge in [-0.25, -0.2) is 4.39 Å². The van der Waals surface area contributed by atoms with Crippen molar-refractivity contribution in [2.75, 3.05) is 5.32 Å². The number of aryl methyl sites for hydroxylation is 2. The van der Waals surface area contributed by atoms with Gasteiger partial charge in [-0.1, -0.05) is 6.07 Å².